The number of carbonyl (C=O) groups excluding carboxylic acids is 2. The minimum absolute atomic E-state index is 0.0299. The number of benzene rings is 1. The fourth-order valence-electron chi connectivity index (χ4n) is 6.71. The molecular formula is C25H37N3O3. The van der Waals surface area contributed by atoms with Crippen molar-refractivity contribution in [1.29, 1.82) is 0 Å². The van der Waals surface area contributed by atoms with Crippen LogP contribution in [0.1, 0.15) is 52.4 Å². The number of nitrogens with zero attached hydrogens (tertiary/aromatic N) is 1. The predicted octanol–water partition coefficient (Wildman–Crippen LogP) is 3.68. The van der Waals surface area contributed by atoms with E-state index in [0.717, 1.165) is 29.2 Å². The SMILES string of the molecule is CCN(CC(=O)Nc1ccc(OC)cc1)CC(=O)N[C@@H](C)C12CC3CC(CC(C3)C1)C2. The molecule has 0 aliphatic heterocycles. The Kier molecular flexibility index (Phi) is 6.56. The van der Waals surface area contributed by atoms with E-state index in [4.69, 9.17) is 4.74 Å². The molecule has 4 saturated carbocycles. The zero-order chi connectivity index (χ0) is 22.0. The van der Waals surface area contributed by atoms with Gasteiger partial charge in [-0.05, 0) is 99.4 Å². The van der Waals surface area contributed by atoms with Gasteiger partial charge in [0, 0.05) is 11.7 Å². The fourth-order valence-corrected chi connectivity index (χ4v) is 6.71. The summed E-state index contributed by atoms with van der Waals surface area (Å²) in [6, 6.07) is 7.46. The highest BCUT2D eigenvalue weighted by molar-refractivity contribution is 5.92. The van der Waals surface area contributed by atoms with Gasteiger partial charge in [-0.25, -0.2) is 0 Å². The van der Waals surface area contributed by atoms with Crippen LogP contribution in [0.15, 0.2) is 24.3 Å². The molecule has 5 rings (SSSR count). The van der Waals surface area contributed by atoms with Gasteiger partial charge in [0.25, 0.3) is 0 Å². The zero-order valence-electron chi connectivity index (χ0n) is 19.2. The molecule has 2 amide bonds. The lowest BCUT2D eigenvalue weighted by atomic mass is 9.48. The highest BCUT2D eigenvalue weighted by Gasteiger charge is 2.53. The third-order valence-electron chi connectivity index (χ3n) is 7.94. The molecular weight excluding hydrogens is 390 g/mol. The summed E-state index contributed by atoms with van der Waals surface area (Å²) < 4.78 is 5.14. The summed E-state index contributed by atoms with van der Waals surface area (Å²) in [5, 5.41) is 6.20. The van der Waals surface area contributed by atoms with E-state index >= 15 is 0 Å². The van der Waals surface area contributed by atoms with Gasteiger partial charge in [-0.15, -0.1) is 0 Å². The van der Waals surface area contributed by atoms with Crippen molar-refractivity contribution in [3.05, 3.63) is 24.3 Å². The van der Waals surface area contributed by atoms with E-state index in [1.54, 1.807) is 7.11 Å². The quantitative estimate of drug-likeness (QED) is 0.631. The van der Waals surface area contributed by atoms with Gasteiger partial charge in [-0.3, -0.25) is 14.5 Å². The molecule has 0 heterocycles. The highest BCUT2D eigenvalue weighted by atomic mass is 16.5. The fraction of sp³-hybridized carbons (Fsp3) is 0.680. The Hall–Kier alpha value is -2.08. The van der Waals surface area contributed by atoms with Crippen molar-refractivity contribution >= 4 is 17.5 Å². The molecule has 0 unspecified atom stereocenters. The van der Waals surface area contributed by atoms with Crippen LogP contribution in [0.5, 0.6) is 5.75 Å². The second-order valence-corrected chi connectivity index (χ2v) is 10.1. The Morgan fingerprint density at radius 3 is 2.10 bits per heavy atom. The molecule has 1 aromatic rings. The van der Waals surface area contributed by atoms with Crippen molar-refractivity contribution in [2.75, 3.05) is 32.1 Å². The van der Waals surface area contributed by atoms with Gasteiger partial charge in [0.1, 0.15) is 5.75 Å². The van der Waals surface area contributed by atoms with E-state index in [1.807, 2.05) is 36.1 Å². The minimum atomic E-state index is -0.117. The van der Waals surface area contributed by atoms with Crippen LogP contribution < -0.4 is 15.4 Å². The van der Waals surface area contributed by atoms with Gasteiger partial charge < -0.3 is 15.4 Å². The van der Waals surface area contributed by atoms with Gasteiger partial charge in [-0.1, -0.05) is 6.92 Å². The number of ether oxygens (including phenoxy) is 1. The van der Waals surface area contributed by atoms with Crippen molar-refractivity contribution < 1.29 is 14.3 Å². The molecule has 6 nitrogen and oxygen atoms in total. The number of methoxy groups -OCH3 is 1. The maximum absolute atomic E-state index is 12.8. The number of anilines is 1. The second-order valence-electron chi connectivity index (χ2n) is 10.1. The van der Waals surface area contributed by atoms with E-state index in [0.29, 0.717) is 12.0 Å². The molecule has 0 spiro atoms. The highest BCUT2D eigenvalue weighted by Crippen LogP contribution is 2.61. The minimum Gasteiger partial charge on any atom is -0.497 e. The van der Waals surface area contributed by atoms with E-state index in [-0.39, 0.29) is 30.9 Å². The first-order valence-electron chi connectivity index (χ1n) is 11.8. The van der Waals surface area contributed by atoms with Crippen LogP contribution in [-0.2, 0) is 9.59 Å². The molecule has 4 aliphatic carbocycles. The summed E-state index contributed by atoms with van der Waals surface area (Å²) in [5.74, 6) is 3.28. The van der Waals surface area contributed by atoms with Crippen molar-refractivity contribution in [1.82, 2.24) is 10.2 Å². The molecule has 4 fully saturated rings. The van der Waals surface area contributed by atoms with Gasteiger partial charge in [0.2, 0.25) is 11.8 Å². The lowest BCUT2D eigenvalue weighted by Crippen LogP contribution is -2.56. The standard InChI is InChI=1S/C25H37N3O3/c1-4-28(16-24(30)27-21-5-7-22(31-3)8-6-21)15-23(29)26-17(2)25-12-18-9-19(13-25)11-20(10-18)14-25/h5-8,17-20H,4,9-16H2,1-3H3,(H,26,29)(H,27,30)/t17-,18?,19?,20?,25?/m0/s1. The molecule has 2 N–H and O–H groups in total. The lowest BCUT2D eigenvalue weighted by Gasteiger charge is -2.59. The van der Waals surface area contributed by atoms with E-state index < -0.39 is 0 Å². The van der Waals surface area contributed by atoms with Crippen LogP contribution in [0.2, 0.25) is 0 Å². The summed E-state index contributed by atoms with van der Waals surface area (Å²) >= 11 is 0. The third-order valence-corrected chi connectivity index (χ3v) is 7.94. The van der Waals surface area contributed by atoms with Crippen molar-refractivity contribution in [2.24, 2.45) is 23.2 Å². The predicted molar refractivity (Wildman–Crippen MR) is 122 cm³/mol. The molecule has 0 saturated heterocycles. The normalized spacial score (nSPS) is 29.6. The maximum atomic E-state index is 12.8. The molecule has 0 aromatic heterocycles. The monoisotopic (exact) mass is 427 g/mol. The van der Waals surface area contributed by atoms with E-state index in [9.17, 15) is 9.59 Å². The molecule has 31 heavy (non-hydrogen) atoms. The number of hydrogen-bond donors (Lipinski definition) is 2. The Bertz CT molecular complexity index is 756. The smallest absolute Gasteiger partial charge is 0.238 e. The molecule has 170 valence electrons. The third kappa shape index (κ3) is 5.05. The number of likely N-dealkylation sites (N-methyl/N-ethyl adjacent to an activating group) is 1. The Labute approximate surface area is 186 Å². The van der Waals surface area contributed by atoms with Crippen LogP contribution in [0.4, 0.5) is 5.69 Å². The van der Waals surface area contributed by atoms with Gasteiger partial charge in [0.15, 0.2) is 0 Å². The summed E-state index contributed by atoms with van der Waals surface area (Å²) in [6.07, 6.45) is 8.07. The number of rotatable bonds is 9. The number of carbonyl (C=O) groups is 2. The summed E-state index contributed by atoms with van der Waals surface area (Å²) in [7, 11) is 1.61. The van der Waals surface area contributed by atoms with Crippen molar-refractivity contribution in [2.45, 2.75) is 58.4 Å². The van der Waals surface area contributed by atoms with Crippen LogP contribution in [0, 0.1) is 23.2 Å². The summed E-state index contributed by atoms with van der Waals surface area (Å²) in [4.78, 5) is 27.2. The van der Waals surface area contributed by atoms with Crippen molar-refractivity contribution in [3.63, 3.8) is 0 Å². The van der Waals surface area contributed by atoms with Crippen LogP contribution in [-0.4, -0.2) is 49.5 Å². The first kappa shape index (κ1) is 22.1. The van der Waals surface area contributed by atoms with Gasteiger partial charge in [0.05, 0.1) is 20.2 Å². The van der Waals surface area contributed by atoms with Gasteiger partial charge >= 0.3 is 0 Å². The number of nitrogens with one attached hydrogen (secondary N) is 2. The molecule has 4 aliphatic rings. The lowest BCUT2D eigenvalue weighted by molar-refractivity contribution is -0.127. The summed E-state index contributed by atoms with van der Waals surface area (Å²) in [6.45, 7) is 5.29. The largest absolute Gasteiger partial charge is 0.497 e. The van der Waals surface area contributed by atoms with Crippen LogP contribution in [0.3, 0.4) is 0 Å². The molecule has 0 radical (unpaired) electrons. The molecule has 4 bridgehead atoms. The van der Waals surface area contributed by atoms with Crippen LogP contribution >= 0.6 is 0 Å². The zero-order valence-corrected chi connectivity index (χ0v) is 19.2. The maximum Gasteiger partial charge on any atom is 0.238 e. The van der Waals surface area contributed by atoms with E-state index in [1.165, 1.54) is 38.5 Å². The topological polar surface area (TPSA) is 70.7 Å². The average molecular weight is 428 g/mol. The second kappa shape index (κ2) is 9.19. The average Bonchev–Trinajstić information content (AvgIpc) is 2.72. The first-order chi connectivity index (χ1) is 14.9. The Balaban J connectivity index is 1.27. The molecule has 1 atom stereocenters. The summed E-state index contributed by atoms with van der Waals surface area (Å²) in [5.41, 5.74) is 1.02. The Morgan fingerprint density at radius 2 is 1.58 bits per heavy atom. The van der Waals surface area contributed by atoms with Crippen molar-refractivity contribution in [3.8, 4) is 5.75 Å². The van der Waals surface area contributed by atoms with E-state index in [2.05, 4.69) is 17.6 Å². The first-order valence-corrected chi connectivity index (χ1v) is 11.8. The van der Waals surface area contributed by atoms with Crippen LogP contribution in [0.25, 0.3) is 0 Å². The molecule has 1 aromatic carbocycles. The number of hydrogen-bond acceptors (Lipinski definition) is 4. The number of amides is 2. The van der Waals surface area contributed by atoms with Gasteiger partial charge in [-0.2, -0.15) is 0 Å². The Morgan fingerprint density at radius 1 is 1.03 bits per heavy atom. The molecule has 6 heteroatoms.